The first kappa shape index (κ1) is 13.2. The van der Waals surface area contributed by atoms with Gasteiger partial charge in [0.15, 0.2) is 0 Å². The Morgan fingerprint density at radius 1 is 1.28 bits per heavy atom. The number of benzene rings is 1. The lowest BCUT2D eigenvalue weighted by molar-refractivity contribution is 0.475. The van der Waals surface area contributed by atoms with Crippen molar-refractivity contribution in [3.63, 3.8) is 0 Å². The molecule has 1 aromatic heterocycles. The van der Waals surface area contributed by atoms with E-state index in [0.29, 0.717) is 5.75 Å². The third kappa shape index (κ3) is 3.89. The Morgan fingerprint density at radius 2 is 2.06 bits per heavy atom. The zero-order valence-electron chi connectivity index (χ0n) is 10.1. The average Bonchev–Trinajstić information content (AvgIpc) is 2.84. The van der Waals surface area contributed by atoms with Crippen molar-refractivity contribution in [3.8, 4) is 5.75 Å². The topological polar surface area (TPSA) is 58.0 Å². The number of phenols is 1. The van der Waals surface area contributed by atoms with E-state index in [4.69, 9.17) is 0 Å². The van der Waals surface area contributed by atoms with Crippen LogP contribution in [-0.2, 0) is 5.75 Å². The Hall–Kier alpha value is -1.27. The van der Waals surface area contributed by atoms with Gasteiger partial charge in [0.2, 0.25) is 5.13 Å². The molecule has 2 N–H and O–H groups in total. The highest BCUT2D eigenvalue weighted by molar-refractivity contribution is 7.98. The predicted octanol–water partition coefficient (Wildman–Crippen LogP) is 3.36. The van der Waals surface area contributed by atoms with Crippen molar-refractivity contribution in [3.05, 3.63) is 29.3 Å². The summed E-state index contributed by atoms with van der Waals surface area (Å²) in [5.41, 5.74) is 0. The highest BCUT2D eigenvalue weighted by atomic mass is 32.2. The predicted molar refractivity (Wildman–Crippen MR) is 76.4 cm³/mol. The summed E-state index contributed by atoms with van der Waals surface area (Å²) < 4.78 is 0. The Bertz CT molecular complexity index is 484. The van der Waals surface area contributed by atoms with E-state index < -0.39 is 0 Å². The van der Waals surface area contributed by atoms with Crippen LogP contribution in [0.25, 0.3) is 0 Å². The minimum absolute atomic E-state index is 0.293. The molecule has 0 amide bonds. The molecule has 0 fully saturated rings. The first-order valence-corrected chi connectivity index (χ1v) is 7.56. The lowest BCUT2D eigenvalue weighted by Gasteiger charge is -1.98. The monoisotopic (exact) mass is 281 g/mol. The zero-order valence-corrected chi connectivity index (χ0v) is 11.7. The molecule has 0 unspecified atom stereocenters. The van der Waals surface area contributed by atoms with Crippen LogP contribution < -0.4 is 5.32 Å². The number of aromatic nitrogens is 2. The van der Waals surface area contributed by atoms with E-state index in [2.05, 4.69) is 22.4 Å². The van der Waals surface area contributed by atoms with Crippen LogP contribution >= 0.6 is 23.1 Å². The molecule has 0 radical (unpaired) electrons. The summed E-state index contributed by atoms with van der Waals surface area (Å²) in [6.45, 7) is 3.05. The maximum absolute atomic E-state index is 9.19. The number of anilines is 1. The molecule has 2 rings (SSSR count). The van der Waals surface area contributed by atoms with Crippen LogP contribution in [-0.4, -0.2) is 21.8 Å². The molecule has 0 aliphatic carbocycles. The number of thioether (sulfide) groups is 1. The summed E-state index contributed by atoms with van der Waals surface area (Å²) in [5, 5.41) is 22.5. The molecule has 6 heteroatoms. The zero-order chi connectivity index (χ0) is 12.8. The van der Waals surface area contributed by atoms with Gasteiger partial charge < -0.3 is 10.4 Å². The fourth-order valence-corrected chi connectivity index (χ4v) is 2.95. The van der Waals surface area contributed by atoms with Crippen molar-refractivity contribution in [1.82, 2.24) is 10.2 Å². The number of hydrogen-bond acceptors (Lipinski definition) is 6. The average molecular weight is 281 g/mol. The highest BCUT2D eigenvalue weighted by Gasteiger charge is 2.04. The van der Waals surface area contributed by atoms with Gasteiger partial charge in [-0.15, -0.1) is 22.0 Å². The van der Waals surface area contributed by atoms with Crippen molar-refractivity contribution in [1.29, 1.82) is 0 Å². The van der Waals surface area contributed by atoms with Gasteiger partial charge in [-0.05, 0) is 30.7 Å². The minimum Gasteiger partial charge on any atom is -0.508 e. The molecule has 0 aliphatic heterocycles. The van der Waals surface area contributed by atoms with E-state index >= 15 is 0 Å². The summed E-state index contributed by atoms with van der Waals surface area (Å²) in [6, 6.07) is 7.18. The second-order valence-electron chi connectivity index (χ2n) is 3.71. The minimum atomic E-state index is 0.293. The Labute approximate surface area is 114 Å². The van der Waals surface area contributed by atoms with Crippen LogP contribution in [0.15, 0.2) is 29.2 Å². The van der Waals surface area contributed by atoms with Gasteiger partial charge in [-0.1, -0.05) is 18.3 Å². The summed E-state index contributed by atoms with van der Waals surface area (Å²) in [6.07, 6.45) is 1.08. The molecule has 96 valence electrons. The number of rotatable bonds is 6. The fraction of sp³-hybridized carbons (Fsp3) is 0.333. The molecule has 0 bridgehead atoms. The SMILES string of the molecule is CCCNc1nnc(CSc2ccc(O)cc2)s1. The van der Waals surface area contributed by atoms with Gasteiger partial charge in [-0.3, -0.25) is 0 Å². The molecule has 0 spiro atoms. The first-order chi connectivity index (χ1) is 8.78. The first-order valence-electron chi connectivity index (χ1n) is 5.76. The van der Waals surface area contributed by atoms with Gasteiger partial charge in [0.05, 0.1) is 5.75 Å². The largest absolute Gasteiger partial charge is 0.508 e. The van der Waals surface area contributed by atoms with Crippen molar-refractivity contribution >= 4 is 28.2 Å². The molecular formula is C12H15N3OS2. The van der Waals surface area contributed by atoms with Crippen molar-refractivity contribution in [2.45, 2.75) is 24.0 Å². The van der Waals surface area contributed by atoms with Crippen LogP contribution in [0.2, 0.25) is 0 Å². The smallest absolute Gasteiger partial charge is 0.205 e. The van der Waals surface area contributed by atoms with E-state index in [1.807, 2.05) is 12.1 Å². The number of hydrogen-bond donors (Lipinski definition) is 2. The molecule has 1 heterocycles. The van der Waals surface area contributed by atoms with E-state index in [9.17, 15) is 5.11 Å². The summed E-state index contributed by atoms with van der Waals surface area (Å²) in [7, 11) is 0. The Balaban J connectivity index is 1.86. The lowest BCUT2D eigenvalue weighted by atomic mass is 10.3. The van der Waals surface area contributed by atoms with Gasteiger partial charge >= 0.3 is 0 Å². The highest BCUT2D eigenvalue weighted by Crippen LogP contribution is 2.26. The molecule has 1 aromatic carbocycles. The van der Waals surface area contributed by atoms with E-state index in [-0.39, 0.29) is 0 Å². The molecule has 4 nitrogen and oxygen atoms in total. The maximum atomic E-state index is 9.19. The molecule has 0 saturated carbocycles. The third-order valence-electron chi connectivity index (χ3n) is 2.19. The van der Waals surface area contributed by atoms with Crippen molar-refractivity contribution in [2.24, 2.45) is 0 Å². The van der Waals surface area contributed by atoms with E-state index in [0.717, 1.165) is 33.8 Å². The lowest BCUT2D eigenvalue weighted by Crippen LogP contribution is -1.98. The number of aromatic hydroxyl groups is 1. The van der Waals surface area contributed by atoms with Crippen LogP contribution in [0.5, 0.6) is 5.75 Å². The van der Waals surface area contributed by atoms with Gasteiger partial charge in [0, 0.05) is 11.4 Å². The van der Waals surface area contributed by atoms with Crippen LogP contribution in [0.1, 0.15) is 18.4 Å². The summed E-state index contributed by atoms with van der Waals surface area (Å²) in [4.78, 5) is 1.12. The summed E-state index contributed by atoms with van der Waals surface area (Å²) >= 11 is 3.28. The summed E-state index contributed by atoms with van der Waals surface area (Å²) in [5.74, 6) is 1.09. The van der Waals surface area contributed by atoms with E-state index in [1.54, 1.807) is 35.2 Å². The van der Waals surface area contributed by atoms with Crippen molar-refractivity contribution < 1.29 is 5.11 Å². The van der Waals surface area contributed by atoms with Crippen LogP contribution in [0, 0.1) is 0 Å². The molecule has 0 saturated heterocycles. The molecule has 0 aliphatic rings. The quantitative estimate of drug-likeness (QED) is 0.795. The Kier molecular flexibility index (Phi) is 4.83. The maximum Gasteiger partial charge on any atom is 0.205 e. The van der Waals surface area contributed by atoms with Gasteiger partial charge in [-0.25, -0.2) is 0 Å². The molecule has 0 atom stereocenters. The standard InChI is InChI=1S/C12H15N3OS2/c1-2-7-13-12-15-14-11(18-12)8-17-10-5-3-9(16)4-6-10/h3-6,16H,2,7-8H2,1H3,(H,13,15). The number of phenolic OH excluding ortho intramolecular Hbond substituents is 1. The second-order valence-corrected chi connectivity index (χ2v) is 5.82. The second kappa shape index (κ2) is 6.61. The van der Waals surface area contributed by atoms with Gasteiger partial charge in [0.1, 0.15) is 10.8 Å². The number of nitrogens with zero attached hydrogens (tertiary/aromatic N) is 2. The van der Waals surface area contributed by atoms with Gasteiger partial charge in [0.25, 0.3) is 0 Å². The normalized spacial score (nSPS) is 10.5. The van der Waals surface area contributed by atoms with Crippen molar-refractivity contribution in [2.75, 3.05) is 11.9 Å². The third-order valence-corrected chi connectivity index (χ3v) is 4.28. The van der Waals surface area contributed by atoms with E-state index in [1.165, 1.54) is 0 Å². The molecular weight excluding hydrogens is 266 g/mol. The molecule has 18 heavy (non-hydrogen) atoms. The number of nitrogens with one attached hydrogen (secondary N) is 1. The van der Waals surface area contributed by atoms with Crippen LogP contribution in [0.4, 0.5) is 5.13 Å². The van der Waals surface area contributed by atoms with Crippen LogP contribution in [0.3, 0.4) is 0 Å². The molecule has 2 aromatic rings. The fourth-order valence-electron chi connectivity index (χ4n) is 1.30. The Morgan fingerprint density at radius 3 is 2.78 bits per heavy atom. The van der Waals surface area contributed by atoms with Gasteiger partial charge in [-0.2, -0.15) is 0 Å².